The SMILES string of the molecule is CCC1OC(=O)CC(OC(C)=O)C(C)C(OC2OC(C)C(OC3CC(C)(O)C(OC(=O)C(C)(C)C)C(C)O3)C(N(C)C)C2OC(C)=O)C(CC=O)CC(C)C(=O)/C=C\C(C)=C\C1COC(C)=O. The molecule has 16 unspecified atom stereocenters. The molecular formula is C49H77NO17. The van der Waals surface area contributed by atoms with Crippen molar-refractivity contribution in [2.45, 2.75) is 195 Å². The maximum Gasteiger partial charge on any atom is 0.311 e. The Morgan fingerprint density at radius 1 is 0.896 bits per heavy atom. The summed E-state index contributed by atoms with van der Waals surface area (Å²) in [5.74, 6) is -6.25. The summed E-state index contributed by atoms with van der Waals surface area (Å²) in [7, 11) is 3.50. The highest BCUT2D eigenvalue weighted by molar-refractivity contribution is 5.91. The molecule has 0 aromatic carbocycles. The minimum Gasteiger partial charge on any atom is -0.465 e. The molecular weight excluding hydrogens is 875 g/mol. The number of aliphatic hydroxyl groups is 1. The minimum absolute atomic E-state index is 0.0955. The van der Waals surface area contributed by atoms with Crippen LogP contribution in [0.3, 0.4) is 0 Å². The highest BCUT2D eigenvalue weighted by Gasteiger charge is 2.54. The smallest absolute Gasteiger partial charge is 0.311 e. The van der Waals surface area contributed by atoms with Gasteiger partial charge in [-0.1, -0.05) is 38.5 Å². The van der Waals surface area contributed by atoms with Crippen molar-refractivity contribution in [1.82, 2.24) is 4.90 Å². The number of ketones is 1. The van der Waals surface area contributed by atoms with Gasteiger partial charge in [0.05, 0.1) is 36.2 Å². The maximum atomic E-state index is 13.9. The normalized spacial score (nSPS) is 37.3. The van der Waals surface area contributed by atoms with Crippen LogP contribution >= 0.6 is 0 Å². The number of hydrogen-bond donors (Lipinski definition) is 1. The number of likely N-dealkylation sites (N-methyl/N-ethyl adjacent to an activating group) is 1. The number of aldehydes is 1. The average Bonchev–Trinajstić information content (AvgIpc) is 3.20. The molecule has 0 bridgehead atoms. The zero-order valence-corrected chi connectivity index (χ0v) is 42.1. The Kier molecular flexibility index (Phi) is 21.3. The van der Waals surface area contributed by atoms with E-state index in [1.165, 1.54) is 26.8 Å². The number of esters is 5. The summed E-state index contributed by atoms with van der Waals surface area (Å²) in [5.41, 5.74) is -1.75. The van der Waals surface area contributed by atoms with Gasteiger partial charge in [-0.2, -0.15) is 0 Å². The summed E-state index contributed by atoms with van der Waals surface area (Å²) in [6, 6.07) is -0.795. The van der Waals surface area contributed by atoms with Crippen LogP contribution in [0.2, 0.25) is 0 Å². The van der Waals surface area contributed by atoms with Crippen molar-refractivity contribution in [2.24, 2.45) is 29.1 Å². The van der Waals surface area contributed by atoms with Gasteiger partial charge in [0.2, 0.25) is 0 Å². The first-order valence-electron chi connectivity index (χ1n) is 23.3. The number of ether oxygens (including phenoxy) is 9. The predicted octanol–water partition coefficient (Wildman–Crippen LogP) is 4.98. The van der Waals surface area contributed by atoms with E-state index in [4.69, 9.17) is 42.6 Å². The first kappa shape index (κ1) is 57.2. The number of rotatable bonds is 13. The number of carbonyl (C=O) groups excluding carboxylic acids is 7. The zero-order chi connectivity index (χ0) is 50.7. The van der Waals surface area contributed by atoms with Gasteiger partial charge in [0, 0.05) is 51.4 Å². The van der Waals surface area contributed by atoms with Gasteiger partial charge in [-0.05, 0) is 87.4 Å². The van der Waals surface area contributed by atoms with Crippen molar-refractivity contribution < 1.29 is 81.3 Å². The molecule has 0 radical (unpaired) electrons. The number of carbonyl (C=O) groups is 7. The molecule has 0 aromatic heterocycles. The predicted molar refractivity (Wildman–Crippen MR) is 242 cm³/mol. The molecule has 18 nitrogen and oxygen atoms in total. The first-order valence-corrected chi connectivity index (χ1v) is 23.3. The van der Waals surface area contributed by atoms with E-state index in [2.05, 4.69) is 0 Å². The highest BCUT2D eigenvalue weighted by atomic mass is 16.7. The lowest BCUT2D eigenvalue weighted by atomic mass is 9.79. The van der Waals surface area contributed by atoms with Crippen LogP contribution in [0.5, 0.6) is 0 Å². The summed E-state index contributed by atoms with van der Waals surface area (Å²) < 4.78 is 55.2. The quantitative estimate of drug-likeness (QED) is 0.146. The summed E-state index contributed by atoms with van der Waals surface area (Å²) in [5, 5.41) is 11.6. The zero-order valence-electron chi connectivity index (χ0n) is 42.1. The van der Waals surface area contributed by atoms with Crippen LogP contribution < -0.4 is 0 Å². The number of hydrogen-bond acceptors (Lipinski definition) is 18. The van der Waals surface area contributed by atoms with Crippen molar-refractivity contribution in [1.29, 1.82) is 0 Å². The lowest BCUT2D eigenvalue weighted by Crippen LogP contribution is -2.66. The summed E-state index contributed by atoms with van der Waals surface area (Å²) >= 11 is 0. The molecule has 0 saturated carbocycles. The molecule has 380 valence electrons. The van der Waals surface area contributed by atoms with Crippen molar-refractivity contribution >= 4 is 41.9 Å². The Labute approximate surface area is 396 Å². The highest BCUT2D eigenvalue weighted by Crippen LogP contribution is 2.39. The van der Waals surface area contributed by atoms with Crippen LogP contribution in [0.4, 0.5) is 0 Å². The van der Waals surface area contributed by atoms with Gasteiger partial charge in [0.15, 0.2) is 30.6 Å². The van der Waals surface area contributed by atoms with E-state index < -0.39 is 138 Å². The Morgan fingerprint density at radius 2 is 1.54 bits per heavy atom. The second kappa shape index (κ2) is 25.0. The fourth-order valence-electron chi connectivity index (χ4n) is 9.02. The van der Waals surface area contributed by atoms with E-state index in [1.807, 2.05) is 0 Å². The third-order valence-electron chi connectivity index (χ3n) is 12.5. The second-order valence-corrected chi connectivity index (χ2v) is 19.9. The minimum atomic E-state index is -1.57. The lowest BCUT2D eigenvalue weighted by Gasteiger charge is -2.51. The molecule has 3 rings (SSSR count). The Morgan fingerprint density at radius 3 is 2.07 bits per heavy atom. The van der Waals surface area contributed by atoms with Crippen LogP contribution in [0.1, 0.15) is 122 Å². The topological polar surface area (TPSA) is 226 Å². The molecule has 3 aliphatic heterocycles. The summed E-state index contributed by atoms with van der Waals surface area (Å²) in [4.78, 5) is 92.3. The van der Waals surface area contributed by atoms with Crippen LogP contribution in [-0.4, -0.2) is 146 Å². The molecule has 0 aromatic rings. The van der Waals surface area contributed by atoms with Gasteiger partial charge < -0.3 is 57.4 Å². The van der Waals surface area contributed by atoms with E-state index in [9.17, 15) is 38.7 Å². The molecule has 0 amide bonds. The number of cyclic esters (lactones) is 1. The molecule has 18 heteroatoms. The third-order valence-corrected chi connectivity index (χ3v) is 12.5. The lowest BCUT2D eigenvalue weighted by molar-refractivity contribution is -0.343. The van der Waals surface area contributed by atoms with E-state index in [1.54, 1.807) is 100 Å². The Bertz CT molecular complexity index is 1790. The maximum absolute atomic E-state index is 13.9. The Balaban J connectivity index is 2.11. The van der Waals surface area contributed by atoms with E-state index >= 15 is 0 Å². The molecule has 1 N–H and O–H groups in total. The average molecular weight is 952 g/mol. The Hall–Kier alpha value is -4.07. The monoisotopic (exact) mass is 952 g/mol. The van der Waals surface area contributed by atoms with E-state index in [0.29, 0.717) is 18.3 Å². The van der Waals surface area contributed by atoms with Crippen LogP contribution in [0, 0.1) is 29.1 Å². The fraction of sp³-hybridized carbons (Fsp3) is 0.776. The number of nitrogens with zero attached hydrogens (tertiary/aromatic N) is 1. The molecule has 0 aliphatic carbocycles. The van der Waals surface area contributed by atoms with Gasteiger partial charge in [0.25, 0.3) is 0 Å². The molecule has 2 fully saturated rings. The van der Waals surface area contributed by atoms with Gasteiger partial charge >= 0.3 is 29.8 Å². The van der Waals surface area contributed by atoms with Gasteiger partial charge in [-0.3, -0.25) is 28.8 Å². The standard InChI is InChI=1S/C49H77NO17/c1-16-37-35(25-59-31(7)52)21-26(2)17-18-36(55)27(3)22-34(19-20-51)42(28(4)38(62-32(8)53)23-39(56)64-37)66-46-44(63-33(9)54)41(50(14)15)43(29(5)61-46)65-40-24-49(13,58)45(30(6)60-40)67-47(57)48(10,11)12/h17-18,20-21,27-30,34-35,37-38,40-46,58H,16,19,22-25H2,1-15H3/b18-17-,26-21+. The van der Waals surface area contributed by atoms with Crippen molar-refractivity contribution in [3.63, 3.8) is 0 Å². The molecule has 67 heavy (non-hydrogen) atoms. The van der Waals surface area contributed by atoms with E-state index in [-0.39, 0.29) is 31.7 Å². The first-order chi connectivity index (χ1) is 31.1. The summed E-state index contributed by atoms with van der Waals surface area (Å²) in [6.07, 6.45) is -4.85. The van der Waals surface area contributed by atoms with Crippen LogP contribution in [-0.2, 0) is 76.2 Å². The largest absolute Gasteiger partial charge is 0.465 e. The fourth-order valence-corrected chi connectivity index (χ4v) is 9.02. The molecule has 3 aliphatic rings. The molecule has 16 atom stereocenters. The van der Waals surface area contributed by atoms with Gasteiger partial charge in [-0.15, -0.1) is 0 Å². The van der Waals surface area contributed by atoms with Crippen molar-refractivity contribution in [2.75, 3.05) is 20.7 Å². The number of allylic oxidation sites excluding steroid dienone is 3. The molecule has 3 heterocycles. The van der Waals surface area contributed by atoms with E-state index in [0.717, 1.165) is 0 Å². The van der Waals surface area contributed by atoms with Crippen molar-refractivity contribution in [3.05, 3.63) is 23.8 Å². The third kappa shape index (κ3) is 16.5. The van der Waals surface area contributed by atoms with Gasteiger partial charge in [-0.25, -0.2) is 0 Å². The van der Waals surface area contributed by atoms with Crippen LogP contribution in [0.25, 0.3) is 0 Å². The molecule has 2 saturated heterocycles. The summed E-state index contributed by atoms with van der Waals surface area (Å²) in [6.45, 7) is 20.6. The van der Waals surface area contributed by atoms with Crippen LogP contribution in [0.15, 0.2) is 23.8 Å². The van der Waals surface area contributed by atoms with Crippen molar-refractivity contribution in [3.8, 4) is 0 Å². The second-order valence-electron chi connectivity index (χ2n) is 19.9. The molecule has 0 spiro atoms. The van der Waals surface area contributed by atoms with Gasteiger partial charge in [0.1, 0.15) is 36.8 Å².